The van der Waals surface area contributed by atoms with Gasteiger partial charge in [-0.1, -0.05) is 13.2 Å². The van der Waals surface area contributed by atoms with Crippen molar-refractivity contribution in [3.05, 3.63) is 25.3 Å². The third-order valence-electron chi connectivity index (χ3n) is 1.81. The number of hydrogen-bond donors (Lipinski definition) is 4. The molecule has 4 N–H and O–H groups in total. The number of carbonyl (C=O) groups excluding carboxylic acids is 3. The molecule has 0 aromatic heterocycles. The monoisotopic (exact) mass is 272 g/mol. The molecule has 0 bridgehead atoms. The van der Waals surface area contributed by atoms with E-state index in [0.29, 0.717) is 0 Å². The molecule has 0 aromatic rings. The van der Waals surface area contributed by atoms with Crippen molar-refractivity contribution in [3.8, 4) is 0 Å². The molecule has 0 aliphatic carbocycles. The maximum Gasteiger partial charge on any atom is 0.279 e. The lowest BCUT2D eigenvalue weighted by Crippen LogP contribution is -2.56. The van der Waals surface area contributed by atoms with Crippen LogP contribution in [-0.2, 0) is 14.4 Å². The van der Waals surface area contributed by atoms with E-state index >= 15 is 0 Å². The van der Waals surface area contributed by atoms with Crippen LogP contribution in [0.5, 0.6) is 0 Å². The van der Waals surface area contributed by atoms with Crippen LogP contribution in [0.2, 0.25) is 0 Å². The van der Waals surface area contributed by atoms with Crippen LogP contribution >= 0.6 is 0 Å². The standard InChI is InChI=1S/C7H13NO4.C4H3NO2/c1-2-6(12)8-7(3-9,4-10)5-11;1-2-4(7)5-3-6/h2,9-11H,1,3-5H2,(H,8,12);2H,1H2. The fourth-order valence-electron chi connectivity index (χ4n) is 0.672. The average Bonchev–Trinajstić information content (AvgIpc) is 2.45. The van der Waals surface area contributed by atoms with Gasteiger partial charge in [-0.05, 0) is 12.2 Å². The highest BCUT2D eigenvalue weighted by atomic mass is 16.3. The van der Waals surface area contributed by atoms with Gasteiger partial charge in [-0.2, -0.15) is 0 Å². The number of nitrogens with one attached hydrogen (secondary N) is 1. The molecule has 0 radical (unpaired) electrons. The van der Waals surface area contributed by atoms with E-state index in [1.54, 1.807) is 0 Å². The number of hydrogen-bond acceptors (Lipinski definition) is 6. The zero-order valence-electron chi connectivity index (χ0n) is 10.2. The fraction of sp³-hybridized carbons (Fsp3) is 0.364. The molecule has 0 fully saturated rings. The Labute approximate surface area is 109 Å². The molecule has 0 saturated heterocycles. The first-order chi connectivity index (χ1) is 8.94. The van der Waals surface area contributed by atoms with E-state index < -0.39 is 37.2 Å². The van der Waals surface area contributed by atoms with Crippen LogP contribution in [0.3, 0.4) is 0 Å². The van der Waals surface area contributed by atoms with Crippen molar-refractivity contribution < 1.29 is 29.7 Å². The van der Waals surface area contributed by atoms with Gasteiger partial charge in [0.2, 0.25) is 12.0 Å². The summed E-state index contributed by atoms with van der Waals surface area (Å²) in [6.45, 7) is 4.66. The minimum atomic E-state index is -1.36. The summed E-state index contributed by atoms with van der Waals surface area (Å²) >= 11 is 0. The number of aliphatic hydroxyl groups is 3. The molecule has 0 aromatic carbocycles. The minimum absolute atomic E-state index is 0.528. The highest BCUT2D eigenvalue weighted by Gasteiger charge is 2.28. The van der Waals surface area contributed by atoms with Crippen molar-refractivity contribution in [2.75, 3.05) is 19.8 Å². The Balaban J connectivity index is 0. The average molecular weight is 272 g/mol. The first-order valence-electron chi connectivity index (χ1n) is 4.96. The highest BCUT2D eigenvalue weighted by molar-refractivity contribution is 5.90. The molecule has 0 aliphatic heterocycles. The molecule has 8 heteroatoms. The van der Waals surface area contributed by atoms with Gasteiger partial charge in [0.05, 0.1) is 19.8 Å². The minimum Gasteiger partial charge on any atom is -0.394 e. The van der Waals surface area contributed by atoms with Gasteiger partial charge in [-0.25, -0.2) is 4.79 Å². The van der Waals surface area contributed by atoms with Crippen LogP contribution in [0.1, 0.15) is 0 Å². The largest absolute Gasteiger partial charge is 0.394 e. The normalized spacial score (nSPS) is 9.21. The maximum absolute atomic E-state index is 10.7. The third-order valence-corrected chi connectivity index (χ3v) is 1.81. The molecule has 8 nitrogen and oxygen atoms in total. The van der Waals surface area contributed by atoms with E-state index in [0.717, 1.165) is 18.2 Å². The Morgan fingerprint density at radius 3 is 1.84 bits per heavy atom. The number of isocyanates is 1. The molecule has 106 valence electrons. The topological polar surface area (TPSA) is 136 Å². The Morgan fingerprint density at radius 2 is 1.63 bits per heavy atom. The van der Waals surface area contributed by atoms with Crippen molar-refractivity contribution in [2.24, 2.45) is 4.99 Å². The zero-order valence-corrected chi connectivity index (χ0v) is 10.2. The molecule has 0 spiro atoms. The summed E-state index contributed by atoms with van der Waals surface area (Å²) in [5.74, 6) is -1.21. The summed E-state index contributed by atoms with van der Waals surface area (Å²) in [5, 5.41) is 28.5. The van der Waals surface area contributed by atoms with Gasteiger partial charge in [-0.3, -0.25) is 9.59 Å². The van der Waals surface area contributed by atoms with Crippen molar-refractivity contribution in [2.45, 2.75) is 5.54 Å². The van der Waals surface area contributed by atoms with Gasteiger partial charge in [0.25, 0.3) is 5.91 Å². The van der Waals surface area contributed by atoms with E-state index in [9.17, 15) is 14.4 Å². The van der Waals surface area contributed by atoms with Crippen LogP contribution < -0.4 is 5.32 Å². The quantitative estimate of drug-likeness (QED) is 0.252. The second kappa shape index (κ2) is 11.0. The number of aliphatic imine (C=N–C) groups is 1. The SMILES string of the molecule is C=CC(=O)N=C=O.C=CC(=O)NC(CO)(CO)CO. The second-order valence-electron chi connectivity index (χ2n) is 3.19. The van der Waals surface area contributed by atoms with Gasteiger partial charge in [0.15, 0.2) is 0 Å². The van der Waals surface area contributed by atoms with E-state index in [-0.39, 0.29) is 0 Å². The number of aliphatic hydroxyl groups excluding tert-OH is 3. The van der Waals surface area contributed by atoms with E-state index in [1.165, 1.54) is 0 Å². The molecule has 19 heavy (non-hydrogen) atoms. The summed E-state index contributed by atoms with van der Waals surface area (Å²) in [4.78, 5) is 32.5. The van der Waals surface area contributed by atoms with Crippen LogP contribution in [-0.4, -0.2) is 58.6 Å². The molecule has 0 rings (SSSR count). The summed E-state index contributed by atoms with van der Waals surface area (Å²) in [6.07, 6.45) is 3.00. The predicted molar refractivity (Wildman–Crippen MR) is 65.7 cm³/mol. The summed E-state index contributed by atoms with van der Waals surface area (Å²) < 4.78 is 0. The molecule has 0 atom stereocenters. The van der Waals surface area contributed by atoms with Crippen LogP contribution in [0.15, 0.2) is 30.3 Å². The van der Waals surface area contributed by atoms with Crippen molar-refractivity contribution in [1.29, 1.82) is 0 Å². The lowest BCUT2D eigenvalue weighted by atomic mass is 10.0. The predicted octanol–water partition coefficient (Wildman–Crippen LogP) is -1.96. The lowest BCUT2D eigenvalue weighted by Gasteiger charge is -2.27. The molecule has 0 aliphatic rings. The number of nitrogens with zero attached hydrogens (tertiary/aromatic N) is 1. The lowest BCUT2D eigenvalue weighted by molar-refractivity contribution is -0.120. The van der Waals surface area contributed by atoms with Gasteiger partial charge >= 0.3 is 0 Å². The smallest absolute Gasteiger partial charge is 0.279 e. The summed E-state index contributed by atoms with van der Waals surface area (Å²) in [6, 6.07) is 0. The Kier molecular flexibility index (Phi) is 11.1. The highest BCUT2D eigenvalue weighted by Crippen LogP contribution is 2.00. The second-order valence-corrected chi connectivity index (χ2v) is 3.19. The summed E-state index contributed by atoms with van der Waals surface area (Å²) in [5.41, 5.74) is -1.36. The number of amides is 2. The number of carbonyl (C=O) groups is 2. The van der Waals surface area contributed by atoms with Crippen LogP contribution in [0, 0.1) is 0 Å². The molecule has 0 saturated carbocycles. The molecule has 0 heterocycles. The fourth-order valence-corrected chi connectivity index (χ4v) is 0.672. The van der Waals surface area contributed by atoms with Gasteiger partial charge in [0.1, 0.15) is 5.54 Å². The molecular formula is C11H16N2O6. The Morgan fingerprint density at radius 1 is 1.16 bits per heavy atom. The maximum atomic E-state index is 10.7. The molecular weight excluding hydrogens is 256 g/mol. The number of rotatable bonds is 6. The van der Waals surface area contributed by atoms with Crippen molar-refractivity contribution in [3.63, 3.8) is 0 Å². The Bertz CT molecular complexity index is 361. The first kappa shape index (κ1) is 19.2. The van der Waals surface area contributed by atoms with Crippen molar-refractivity contribution in [1.82, 2.24) is 5.32 Å². The van der Waals surface area contributed by atoms with Crippen molar-refractivity contribution >= 4 is 17.9 Å². The first-order valence-corrected chi connectivity index (χ1v) is 4.96. The van der Waals surface area contributed by atoms with Gasteiger partial charge < -0.3 is 20.6 Å². The van der Waals surface area contributed by atoms with Gasteiger partial charge in [-0.15, -0.1) is 4.99 Å². The molecule has 0 unspecified atom stereocenters. The third kappa shape index (κ3) is 8.58. The van der Waals surface area contributed by atoms with E-state index in [2.05, 4.69) is 23.5 Å². The Hall–Kier alpha value is -2.12. The van der Waals surface area contributed by atoms with Gasteiger partial charge in [0, 0.05) is 0 Å². The van der Waals surface area contributed by atoms with Crippen LogP contribution in [0.25, 0.3) is 0 Å². The summed E-state index contributed by atoms with van der Waals surface area (Å²) in [7, 11) is 0. The van der Waals surface area contributed by atoms with E-state index in [1.807, 2.05) is 0 Å². The van der Waals surface area contributed by atoms with Crippen LogP contribution in [0.4, 0.5) is 0 Å². The molecule has 2 amide bonds. The zero-order chi connectivity index (χ0) is 15.3. The van der Waals surface area contributed by atoms with E-state index in [4.69, 9.17) is 15.3 Å².